The number of amides is 1. The van der Waals surface area contributed by atoms with Crippen LogP contribution in [0.15, 0.2) is 36.5 Å². The van der Waals surface area contributed by atoms with Crippen molar-refractivity contribution in [2.45, 2.75) is 211 Å². The summed E-state index contributed by atoms with van der Waals surface area (Å²) in [6, 6.07) is -0.822. The number of ether oxygens (including phenoxy) is 2. The molecule has 0 aliphatic carbocycles. The highest BCUT2D eigenvalue weighted by molar-refractivity contribution is 5.76. The second kappa shape index (κ2) is 33.0. The Kier molecular flexibility index (Phi) is 30.7. The van der Waals surface area contributed by atoms with E-state index in [4.69, 9.17) is 9.47 Å². The molecule has 1 saturated heterocycles. The summed E-state index contributed by atoms with van der Waals surface area (Å²) in [7, 11) is 0. The topological polar surface area (TPSA) is 149 Å². The SMILES string of the molecule is CCCCC/C=C\CCCCCCCC(=O)NC(COC1OC(CO)C(O)C(O)C1O)C(O)/C=C/CC/C=C/CCCCCCCCCCCC. The van der Waals surface area contributed by atoms with E-state index in [2.05, 4.69) is 43.5 Å². The lowest BCUT2D eigenvalue weighted by molar-refractivity contribution is -0.302. The molecule has 0 spiro atoms. The van der Waals surface area contributed by atoms with Crippen LogP contribution in [0.5, 0.6) is 0 Å². The zero-order chi connectivity index (χ0) is 37.4. The van der Waals surface area contributed by atoms with Crippen LogP contribution in [0.25, 0.3) is 0 Å². The molecule has 1 amide bonds. The molecule has 1 heterocycles. The van der Waals surface area contributed by atoms with Crippen molar-refractivity contribution in [1.29, 1.82) is 0 Å². The van der Waals surface area contributed by atoms with Crippen molar-refractivity contribution in [2.24, 2.45) is 0 Å². The number of carbonyl (C=O) groups excluding carboxylic acids is 1. The molecular formula is C42H77NO8. The van der Waals surface area contributed by atoms with Crippen LogP contribution in [0.3, 0.4) is 0 Å². The van der Waals surface area contributed by atoms with Crippen LogP contribution in [0.4, 0.5) is 0 Å². The first-order valence-corrected chi connectivity index (χ1v) is 20.7. The molecule has 1 aliphatic heterocycles. The molecule has 6 N–H and O–H groups in total. The molecule has 298 valence electrons. The largest absolute Gasteiger partial charge is 0.394 e. The Bertz CT molecular complexity index is 894. The van der Waals surface area contributed by atoms with Crippen LogP contribution in [0, 0.1) is 0 Å². The zero-order valence-corrected chi connectivity index (χ0v) is 32.4. The molecule has 0 aromatic rings. The third-order valence-corrected chi connectivity index (χ3v) is 9.69. The number of rotatable bonds is 33. The van der Waals surface area contributed by atoms with Crippen molar-refractivity contribution in [2.75, 3.05) is 13.2 Å². The van der Waals surface area contributed by atoms with Crippen molar-refractivity contribution in [3.63, 3.8) is 0 Å². The predicted molar refractivity (Wildman–Crippen MR) is 207 cm³/mol. The Morgan fingerprint density at radius 1 is 0.647 bits per heavy atom. The summed E-state index contributed by atoms with van der Waals surface area (Å²) >= 11 is 0. The van der Waals surface area contributed by atoms with Crippen LogP contribution in [0.2, 0.25) is 0 Å². The van der Waals surface area contributed by atoms with Gasteiger partial charge >= 0.3 is 0 Å². The standard InChI is InChI=1S/C42H77NO8/c1-3-5-7-9-11-13-15-17-18-19-20-21-23-25-27-29-31-36(45)35(34-50-42-41(49)40(48)39(47)37(33-44)51-42)43-38(46)32-30-28-26-24-22-16-14-12-10-8-6-4-2/h12,14,21,23,29,31,35-37,39-42,44-45,47-49H,3-11,13,15-20,22,24-28,30,32-34H2,1-2H3,(H,43,46)/b14-12-,23-21+,31-29+. The van der Waals surface area contributed by atoms with Gasteiger partial charge in [-0.05, 0) is 57.8 Å². The number of carbonyl (C=O) groups is 1. The highest BCUT2D eigenvalue weighted by Gasteiger charge is 2.44. The maximum Gasteiger partial charge on any atom is 0.220 e. The molecule has 0 aromatic carbocycles. The van der Waals surface area contributed by atoms with Crippen LogP contribution in [-0.4, -0.2) is 87.5 Å². The molecule has 7 atom stereocenters. The van der Waals surface area contributed by atoms with E-state index in [1.165, 1.54) is 89.9 Å². The average Bonchev–Trinajstić information content (AvgIpc) is 3.13. The molecule has 1 aliphatic rings. The third kappa shape index (κ3) is 24.4. The van der Waals surface area contributed by atoms with Gasteiger partial charge in [0.1, 0.15) is 24.4 Å². The van der Waals surface area contributed by atoms with Crippen molar-refractivity contribution in [3.05, 3.63) is 36.5 Å². The van der Waals surface area contributed by atoms with Crippen LogP contribution in [-0.2, 0) is 14.3 Å². The molecular weight excluding hydrogens is 646 g/mol. The summed E-state index contributed by atoms with van der Waals surface area (Å²) in [5.74, 6) is -0.199. The summed E-state index contributed by atoms with van der Waals surface area (Å²) in [5, 5.41) is 53.9. The molecule has 0 radical (unpaired) electrons. The van der Waals surface area contributed by atoms with E-state index in [1.54, 1.807) is 6.08 Å². The van der Waals surface area contributed by atoms with E-state index in [0.717, 1.165) is 57.8 Å². The summed E-state index contributed by atoms with van der Waals surface area (Å²) in [5.41, 5.74) is 0. The monoisotopic (exact) mass is 724 g/mol. The van der Waals surface area contributed by atoms with E-state index < -0.39 is 49.5 Å². The van der Waals surface area contributed by atoms with Gasteiger partial charge in [-0.2, -0.15) is 0 Å². The smallest absolute Gasteiger partial charge is 0.220 e. The fourth-order valence-electron chi connectivity index (χ4n) is 6.28. The van der Waals surface area contributed by atoms with Gasteiger partial charge in [-0.25, -0.2) is 0 Å². The van der Waals surface area contributed by atoms with Gasteiger partial charge in [-0.3, -0.25) is 4.79 Å². The minimum atomic E-state index is -1.57. The molecule has 1 fully saturated rings. The first-order chi connectivity index (χ1) is 24.8. The van der Waals surface area contributed by atoms with Gasteiger partial charge in [0, 0.05) is 6.42 Å². The van der Waals surface area contributed by atoms with Gasteiger partial charge in [0.2, 0.25) is 5.91 Å². The van der Waals surface area contributed by atoms with E-state index in [0.29, 0.717) is 6.42 Å². The van der Waals surface area contributed by atoms with Crippen LogP contribution < -0.4 is 5.32 Å². The maximum absolute atomic E-state index is 12.9. The normalized spacial score (nSPS) is 22.4. The molecule has 1 rings (SSSR count). The Balaban J connectivity index is 2.46. The maximum atomic E-state index is 12.9. The van der Waals surface area contributed by atoms with Crippen LogP contribution in [0.1, 0.15) is 168 Å². The first kappa shape index (κ1) is 47.4. The van der Waals surface area contributed by atoms with Gasteiger partial charge in [0.05, 0.1) is 25.4 Å². The van der Waals surface area contributed by atoms with Crippen LogP contribution >= 0.6 is 0 Å². The summed E-state index contributed by atoms with van der Waals surface area (Å²) in [4.78, 5) is 12.9. The highest BCUT2D eigenvalue weighted by atomic mass is 16.7. The molecule has 0 aromatic heterocycles. The highest BCUT2D eigenvalue weighted by Crippen LogP contribution is 2.22. The minimum absolute atomic E-state index is 0.199. The Morgan fingerprint density at radius 3 is 1.69 bits per heavy atom. The van der Waals surface area contributed by atoms with E-state index in [-0.39, 0.29) is 12.5 Å². The first-order valence-electron chi connectivity index (χ1n) is 20.7. The Hall–Kier alpha value is -1.59. The number of nitrogens with one attached hydrogen (secondary N) is 1. The lowest BCUT2D eigenvalue weighted by Gasteiger charge is -2.40. The van der Waals surface area contributed by atoms with Gasteiger partial charge in [-0.1, -0.05) is 140 Å². The minimum Gasteiger partial charge on any atom is -0.394 e. The molecule has 7 unspecified atom stereocenters. The van der Waals surface area contributed by atoms with Crippen molar-refractivity contribution >= 4 is 5.91 Å². The lowest BCUT2D eigenvalue weighted by atomic mass is 9.99. The molecule has 9 heteroatoms. The Labute approximate surface area is 311 Å². The van der Waals surface area contributed by atoms with Gasteiger partial charge in [0.15, 0.2) is 6.29 Å². The van der Waals surface area contributed by atoms with E-state index >= 15 is 0 Å². The summed E-state index contributed by atoms with van der Waals surface area (Å²) in [6.45, 7) is 3.70. The number of allylic oxidation sites excluding steroid dienone is 5. The molecule has 51 heavy (non-hydrogen) atoms. The molecule has 0 bridgehead atoms. The number of unbranched alkanes of at least 4 members (excludes halogenated alkanes) is 19. The van der Waals surface area contributed by atoms with E-state index in [1.807, 2.05) is 6.08 Å². The summed E-state index contributed by atoms with van der Waals surface area (Å²) in [6.07, 6.45) is 31.9. The predicted octanol–water partition coefficient (Wildman–Crippen LogP) is 7.72. The van der Waals surface area contributed by atoms with Gasteiger partial charge < -0.3 is 40.3 Å². The fraction of sp³-hybridized carbons (Fsp3) is 0.833. The number of hydrogen-bond donors (Lipinski definition) is 6. The third-order valence-electron chi connectivity index (χ3n) is 9.69. The number of aliphatic hydroxyl groups excluding tert-OH is 5. The number of aliphatic hydroxyl groups is 5. The van der Waals surface area contributed by atoms with Crippen molar-refractivity contribution < 1.29 is 39.8 Å². The van der Waals surface area contributed by atoms with Crippen molar-refractivity contribution in [1.82, 2.24) is 5.32 Å². The second-order valence-corrected chi connectivity index (χ2v) is 14.4. The second-order valence-electron chi connectivity index (χ2n) is 14.4. The van der Waals surface area contributed by atoms with Gasteiger partial charge in [0.25, 0.3) is 0 Å². The Morgan fingerprint density at radius 2 is 1.12 bits per heavy atom. The molecule has 0 saturated carbocycles. The quantitative estimate of drug-likeness (QED) is 0.0298. The van der Waals surface area contributed by atoms with Crippen molar-refractivity contribution in [3.8, 4) is 0 Å². The molecule has 9 nitrogen and oxygen atoms in total. The lowest BCUT2D eigenvalue weighted by Crippen LogP contribution is -2.60. The number of hydrogen-bond acceptors (Lipinski definition) is 8. The summed E-state index contributed by atoms with van der Waals surface area (Å²) < 4.78 is 11.2. The average molecular weight is 724 g/mol. The fourth-order valence-corrected chi connectivity index (χ4v) is 6.28. The van der Waals surface area contributed by atoms with E-state index in [9.17, 15) is 30.3 Å². The zero-order valence-electron chi connectivity index (χ0n) is 32.4. The van der Waals surface area contributed by atoms with Gasteiger partial charge in [-0.15, -0.1) is 0 Å².